The maximum atomic E-state index is 12.3. The lowest BCUT2D eigenvalue weighted by Gasteiger charge is -2.14. The summed E-state index contributed by atoms with van der Waals surface area (Å²) >= 11 is 0. The molecule has 2 aromatic carbocycles. The normalized spacial score (nSPS) is 11.5. The molecule has 0 heterocycles. The Morgan fingerprint density at radius 2 is 1.91 bits per heavy atom. The second-order valence-corrected chi connectivity index (χ2v) is 5.02. The van der Waals surface area contributed by atoms with E-state index in [1.807, 2.05) is 43.3 Å². The van der Waals surface area contributed by atoms with Crippen LogP contribution in [-0.2, 0) is 11.3 Å². The summed E-state index contributed by atoms with van der Waals surface area (Å²) in [7, 11) is 1.63. The molecule has 0 aromatic heterocycles. The third-order valence-corrected chi connectivity index (χ3v) is 3.43. The molecule has 0 fully saturated rings. The largest absolute Gasteiger partial charge is 0.380 e. The van der Waals surface area contributed by atoms with Crippen LogP contribution in [0.3, 0.4) is 0 Å². The molecule has 1 N–H and O–H groups in total. The molecule has 1 amide bonds. The predicted molar refractivity (Wildman–Crippen MR) is 84.2 cm³/mol. The number of hydrogen-bond donors (Lipinski definition) is 1. The third kappa shape index (κ3) is 3.72. The SMILES string of the molecule is COCc1ccc(C(=O)N[C@H](C#N)c2ccccc2C)cc1. The number of benzene rings is 2. The van der Waals surface area contributed by atoms with Gasteiger partial charge in [0.25, 0.3) is 5.91 Å². The first-order valence-electron chi connectivity index (χ1n) is 6.99. The zero-order valence-corrected chi connectivity index (χ0v) is 12.7. The van der Waals surface area contributed by atoms with E-state index in [9.17, 15) is 10.1 Å². The number of ether oxygens (including phenoxy) is 1. The van der Waals surface area contributed by atoms with Crippen molar-refractivity contribution in [2.45, 2.75) is 19.6 Å². The molecule has 0 aliphatic carbocycles. The fraction of sp³-hybridized carbons (Fsp3) is 0.222. The minimum atomic E-state index is -0.660. The molecule has 0 bridgehead atoms. The molecule has 1 atom stereocenters. The molecule has 2 rings (SSSR count). The molecule has 0 saturated carbocycles. The minimum absolute atomic E-state index is 0.265. The Hall–Kier alpha value is -2.64. The third-order valence-electron chi connectivity index (χ3n) is 3.43. The van der Waals surface area contributed by atoms with Crippen LogP contribution in [0.15, 0.2) is 48.5 Å². The van der Waals surface area contributed by atoms with Crippen molar-refractivity contribution in [3.05, 3.63) is 70.8 Å². The zero-order valence-electron chi connectivity index (χ0n) is 12.7. The highest BCUT2D eigenvalue weighted by molar-refractivity contribution is 5.94. The molecular formula is C18H18N2O2. The van der Waals surface area contributed by atoms with Gasteiger partial charge in [-0.25, -0.2) is 0 Å². The van der Waals surface area contributed by atoms with Crippen molar-refractivity contribution in [2.75, 3.05) is 7.11 Å². The topological polar surface area (TPSA) is 62.1 Å². The van der Waals surface area contributed by atoms with Crippen molar-refractivity contribution >= 4 is 5.91 Å². The molecule has 112 valence electrons. The van der Waals surface area contributed by atoms with Crippen LogP contribution >= 0.6 is 0 Å². The first-order chi connectivity index (χ1) is 10.7. The second kappa shape index (κ2) is 7.39. The molecule has 0 aliphatic heterocycles. The molecule has 2 aromatic rings. The molecule has 0 unspecified atom stereocenters. The van der Waals surface area contributed by atoms with Gasteiger partial charge >= 0.3 is 0 Å². The van der Waals surface area contributed by atoms with Gasteiger partial charge in [0.2, 0.25) is 0 Å². The lowest BCUT2D eigenvalue weighted by Crippen LogP contribution is -2.28. The van der Waals surface area contributed by atoms with Gasteiger partial charge in [0.05, 0.1) is 12.7 Å². The molecule has 0 saturated heterocycles. The van der Waals surface area contributed by atoms with E-state index in [4.69, 9.17) is 4.74 Å². The van der Waals surface area contributed by atoms with Crippen molar-refractivity contribution in [3.63, 3.8) is 0 Å². The average molecular weight is 294 g/mol. The van der Waals surface area contributed by atoms with Crippen LogP contribution in [0.2, 0.25) is 0 Å². The molecule has 0 aliphatic rings. The number of hydrogen-bond acceptors (Lipinski definition) is 3. The van der Waals surface area contributed by atoms with Crippen molar-refractivity contribution in [2.24, 2.45) is 0 Å². The van der Waals surface area contributed by atoms with E-state index in [2.05, 4.69) is 11.4 Å². The smallest absolute Gasteiger partial charge is 0.252 e. The maximum absolute atomic E-state index is 12.3. The summed E-state index contributed by atoms with van der Waals surface area (Å²) in [4.78, 5) is 12.3. The van der Waals surface area contributed by atoms with Gasteiger partial charge in [-0.05, 0) is 35.7 Å². The van der Waals surface area contributed by atoms with Crippen LogP contribution in [0, 0.1) is 18.3 Å². The summed E-state index contributed by atoms with van der Waals surface area (Å²) in [6.07, 6.45) is 0. The average Bonchev–Trinajstić information content (AvgIpc) is 2.54. The van der Waals surface area contributed by atoms with E-state index in [0.29, 0.717) is 12.2 Å². The number of aryl methyl sites for hydroxylation is 1. The lowest BCUT2D eigenvalue weighted by molar-refractivity contribution is 0.0945. The Bertz CT molecular complexity index is 687. The molecule has 0 radical (unpaired) electrons. The molecule has 4 nitrogen and oxygen atoms in total. The van der Waals surface area contributed by atoms with Gasteiger partial charge in [0.1, 0.15) is 6.04 Å². The van der Waals surface area contributed by atoms with E-state index < -0.39 is 6.04 Å². The Morgan fingerprint density at radius 3 is 2.50 bits per heavy atom. The summed E-state index contributed by atoms with van der Waals surface area (Å²) in [5.41, 5.74) is 3.31. The molecule has 22 heavy (non-hydrogen) atoms. The maximum Gasteiger partial charge on any atom is 0.252 e. The zero-order chi connectivity index (χ0) is 15.9. The first kappa shape index (κ1) is 15.7. The number of nitrogens with one attached hydrogen (secondary N) is 1. The van der Waals surface area contributed by atoms with Gasteiger partial charge in [-0.1, -0.05) is 36.4 Å². The van der Waals surface area contributed by atoms with E-state index in [1.54, 1.807) is 19.2 Å². The fourth-order valence-corrected chi connectivity index (χ4v) is 2.22. The highest BCUT2D eigenvalue weighted by Gasteiger charge is 2.16. The number of rotatable bonds is 5. The summed E-state index contributed by atoms with van der Waals surface area (Å²) in [5.74, 6) is -0.265. The van der Waals surface area contributed by atoms with Crippen LogP contribution in [0.5, 0.6) is 0 Å². The van der Waals surface area contributed by atoms with E-state index in [-0.39, 0.29) is 5.91 Å². The Labute approximate surface area is 130 Å². The Morgan fingerprint density at radius 1 is 1.23 bits per heavy atom. The van der Waals surface area contributed by atoms with Crippen molar-refractivity contribution in [1.29, 1.82) is 5.26 Å². The second-order valence-electron chi connectivity index (χ2n) is 5.02. The quantitative estimate of drug-likeness (QED) is 0.921. The summed E-state index contributed by atoms with van der Waals surface area (Å²) in [6.45, 7) is 2.43. The highest BCUT2D eigenvalue weighted by atomic mass is 16.5. The number of carbonyl (C=O) groups excluding carboxylic acids is 1. The summed E-state index contributed by atoms with van der Waals surface area (Å²) < 4.78 is 5.04. The minimum Gasteiger partial charge on any atom is -0.380 e. The van der Waals surface area contributed by atoms with Crippen LogP contribution in [-0.4, -0.2) is 13.0 Å². The molecule has 0 spiro atoms. The molecular weight excluding hydrogens is 276 g/mol. The number of amides is 1. The van der Waals surface area contributed by atoms with Crippen LogP contribution in [0.1, 0.15) is 33.1 Å². The summed E-state index contributed by atoms with van der Waals surface area (Å²) in [5, 5.41) is 12.1. The van der Waals surface area contributed by atoms with Crippen molar-refractivity contribution < 1.29 is 9.53 Å². The number of methoxy groups -OCH3 is 1. The highest BCUT2D eigenvalue weighted by Crippen LogP contribution is 2.17. The van der Waals surface area contributed by atoms with Crippen LogP contribution in [0.4, 0.5) is 0 Å². The van der Waals surface area contributed by atoms with Gasteiger partial charge in [0.15, 0.2) is 0 Å². The Kier molecular flexibility index (Phi) is 5.29. The summed E-state index contributed by atoms with van der Waals surface area (Å²) in [6, 6.07) is 16.2. The first-order valence-corrected chi connectivity index (χ1v) is 6.99. The monoisotopic (exact) mass is 294 g/mol. The van der Waals surface area contributed by atoms with Gasteiger partial charge in [0, 0.05) is 12.7 Å². The van der Waals surface area contributed by atoms with E-state index in [0.717, 1.165) is 16.7 Å². The van der Waals surface area contributed by atoms with Crippen molar-refractivity contribution in [3.8, 4) is 6.07 Å². The Balaban J connectivity index is 2.13. The van der Waals surface area contributed by atoms with E-state index in [1.165, 1.54) is 0 Å². The van der Waals surface area contributed by atoms with Crippen LogP contribution < -0.4 is 5.32 Å². The standard InChI is InChI=1S/C18H18N2O2/c1-13-5-3-4-6-16(13)17(11-19)20-18(21)15-9-7-14(8-10-15)12-22-2/h3-10,17H,12H2,1-2H3,(H,20,21)/t17-/m1/s1. The fourth-order valence-electron chi connectivity index (χ4n) is 2.22. The van der Waals surface area contributed by atoms with Gasteiger partial charge in [-0.15, -0.1) is 0 Å². The van der Waals surface area contributed by atoms with Crippen LogP contribution in [0.25, 0.3) is 0 Å². The van der Waals surface area contributed by atoms with Gasteiger partial charge in [-0.3, -0.25) is 4.79 Å². The van der Waals surface area contributed by atoms with Gasteiger partial charge in [-0.2, -0.15) is 5.26 Å². The number of nitrogens with zero attached hydrogens (tertiary/aromatic N) is 1. The lowest BCUT2D eigenvalue weighted by atomic mass is 10.0. The number of carbonyl (C=O) groups is 1. The van der Waals surface area contributed by atoms with Gasteiger partial charge < -0.3 is 10.1 Å². The van der Waals surface area contributed by atoms with Crippen molar-refractivity contribution in [1.82, 2.24) is 5.32 Å². The molecule has 4 heteroatoms. The van der Waals surface area contributed by atoms with E-state index >= 15 is 0 Å². The predicted octanol–water partition coefficient (Wildman–Crippen LogP) is 3.14. The number of nitriles is 1.